The smallest absolute Gasteiger partial charge is 0.118 e. The standard InChI is InChI=1S/C21H28N2O3/c1-25-21-9-7-18(8-10-21)16-26-17-20(24)15-22-11-13-23(14-12-22)19-5-3-2-4-6-19/h2-10,20,24H,11-17H2,1H3. The van der Waals surface area contributed by atoms with Gasteiger partial charge in [0.05, 0.1) is 26.4 Å². The van der Waals surface area contributed by atoms with Gasteiger partial charge in [-0.3, -0.25) is 4.90 Å². The number of rotatable bonds is 8. The second-order valence-corrected chi connectivity index (χ2v) is 6.64. The molecule has 0 radical (unpaired) electrons. The van der Waals surface area contributed by atoms with Crippen molar-refractivity contribution in [2.75, 3.05) is 51.3 Å². The number of anilines is 1. The van der Waals surface area contributed by atoms with E-state index in [0.717, 1.165) is 37.5 Å². The van der Waals surface area contributed by atoms with Crippen molar-refractivity contribution in [2.45, 2.75) is 12.7 Å². The first kappa shape index (κ1) is 18.7. The van der Waals surface area contributed by atoms with Crippen molar-refractivity contribution in [3.63, 3.8) is 0 Å². The Balaban J connectivity index is 1.34. The lowest BCUT2D eigenvalue weighted by Crippen LogP contribution is -2.49. The third-order valence-corrected chi connectivity index (χ3v) is 4.70. The van der Waals surface area contributed by atoms with E-state index in [-0.39, 0.29) is 0 Å². The minimum Gasteiger partial charge on any atom is -0.497 e. The molecule has 1 aliphatic heterocycles. The van der Waals surface area contributed by atoms with E-state index in [1.54, 1.807) is 7.11 Å². The summed E-state index contributed by atoms with van der Waals surface area (Å²) in [6.45, 7) is 5.42. The average Bonchev–Trinajstić information content (AvgIpc) is 2.70. The van der Waals surface area contributed by atoms with Crippen LogP contribution in [0.3, 0.4) is 0 Å². The van der Waals surface area contributed by atoms with Gasteiger partial charge in [0.1, 0.15) is 5.75 Å². The molecule has 1 unspecified atom stereocenters. The molecule has 2 aromatic rings. The van der Waals surface area contributed by atoms with Crippen molar-refractivity contribution in [3.8, 4) is 5.75 Å². The fourth-order valence-corrected chi connectivity index (χ4v) is 3.21. The van der Waals surface area contributed by atoms with Gasteiger partial charge >= 0.3 is 0 Å². The summed E-state index contributed by atoms with van der Waals surface area (Å²) in [6, 6.07) is 18.3. The molecule has 1 fully saturated rings. The molecule has 1 saturated heterocycles. The van der Waals surface area contributed by atoms with E-state index >= 15 is 0 Å². The van der Waals surface area contributed by atoms with Crippen LogP contribution in [-0.2, 0) is 11.3 Å². The fourth-order valence-electron chi connectivity index (χ4n) is 3.21. The molecule has 3 rings (SSSR count). The monoisotopic (exact) mass is 356 g/mol. The Morgan fingerprint density at radius 1 is 0.962 bits per heavy atom. The van der Waals surface area contributed by atoms with Crippen LogP contribution in [0.2, 0.25) is 0 Å². The number of aliphatic hydroxyl groups is 1. The van der Waals surface area contributed by atoms with Gasteiger partial charge in [-0.15, -0.1) is 0 Å². The van der Waals surface area contributed by atoms with E-state index in [9.17, 15) is 5.11 Å². The highest BCUT2D eigenvalue weighted by atomic mass is 16.5. The fraction of sp³-hybridized carbons (Fsp3) is 0.429. The highest BCUT2D eigenvalue weighted by Gasteiger charge is 2.19. The summed E-state index contributed by atoms with van der Waals surface area (Å²) < 4.78 is 10.8. The Kier molecular flexibility index (Phi) is 6.89. The molecule has 0 aromatic heterocycles. The van der Waals surface area contributed by atoms with Crippen molar-refractivity contribution >= 4 is 5.69 Å². The molecule has 0 saturated carbocycles. The van der Waals surface area contributed by atoms with Gasteiger partial charge in [-0.1, -0.05) is 30.3 Å². The van der Waals surface area contributed by atoms with E-state index in [2.05, 4.69) is 34.1 Å². The minimum absolute atomic E-state index is 0.352. The zero-order valence-electron chi connectivity index (χ0n) is 15.4. The SMILES string of the molecule is COc1ccc(COCC(O)CN2CCN(c3ccccc3)CC2)cc1. The molecule has 0 bridgehead atoms. The maximum atomic E-state index is 10.2. The van der Waals surface area contributed by atoms with Gasteiger partial charge in [0, 0.05) is 38.4 Å². The molecule has 0 aliphatic carbocycles. The van der Waals surface area contributed by atoms with Crippen molar-refractivity contribution in [1.82, 2.24) is 4.90 Å². The van der Waals surface area contributed by atoms with Gasteiger partial charge in [0.25, 0.3) is 0 Å². The Labute approximate surface area is 155 Å². The topological polar surface area (TPSA) is 45.2 Å². The predicted molar refractivity (Wildman–Crippen MR) is 104 cm³/mol. The van der Waals surface area contributed by atoms with Crippen LogP contribution < -0.4 is 9.64 Å². The first-order chi connectivity index (χ1) is 12.7. The number of piperazine rings is 1. The number of benzene rings is 2. The molecule has 1 heterocycles. The van der Waals surface area contributed by atoms with Crippen LogP contribution in [0.1, 0.15) is 5.56 Å². The summed E-state index contributed by atoms with van der Waals surface area (Å²) in [5, 5.41) is 10.2. The van der Waals surface area contributed by atoms with Gasteiger partial charge in [0.2, 0.25) is 0 Å². The summed E-state index contributed by atoms with van der Waals surface area (Å²) in [4.78, 5) is 4.70. The first-order valence-corrected chi connectivity index (χ1v) is 9.15. The maximum absolute atomic E-state index is 10.2. The number of hydrogen-bond acceptors (Lipinski definition) is 5. The molecule has 26 heavy (non-hydrogen) atoms. The average molecular weight is 356 g/mol. The Hall–Kier alpha value is -2.08. The summed E-state index contributed by atoms with van der Waals surface area (Å²) in [5.74, 6) is 0.837. The van der Waals surface area contributed by atoms with Crippen LogP contribution in [0.4, 0.5) is 5.69 Å². The number of hydrogen-bond donors (Lipinski definition) is 1. The predicted octanol–water partition coefficient (Wildman–Crippen LogP) is 2.39. The molecule has 0 spiro atoms. The minimum atomic E-state index is -0.462. The first-order valence-electron chi connectivity index (χ1n) is 9.15. The molecule has 2 aromatic carbocycles. The Morgan fingerprint density at radius 3 is 2.31 bits per heavy atom. The van der Waals surface area contributed by atoms with Gasteiger partial charge in [-0.05, 0) is 29.8 Å². The van der Waals surface area contributed by atoms with E-state index < -0.39 is 6.10 Å². The van der Waals surface area contributed by atoms with E-state index in [0.29, 0.717) is 19.8 Å². The molecule has 0 amide bonds. The Morgan fingerprint density at radius 2 is 1.65 bits per heavy atom. The molecule has 5 heteroatoms. The Bertz CT molecular complexity index is 640. The van der Waals surface area contributed by atoms with Crippen molar-refractivity contribution in [1.29, 1.82) is 0 Å². The number of nitrogens with zero attached hydrogens (tertiary/aromatic N) is 2. The number of ether oxygens (including phenoxy) is 2. The summed E-state index contributed by atoms with van der Waals surface area (Å²) in [5.41, 5.74) is 2.35. The molecular formula is C21H28N2O3. The third-order valence-electron chi connectivity index (χ3n) is 4.70. The lowest BCUT2D eigenvalue weighted by atomic mass is 10.2. The van der Waals surface area contributed by atoms with Crippen molar-refractivity contribution in [2.24, 2.45) is 0 Å². The van der Waals surface area contributed by atoms with Gasteiger partial charge < -0.3 is 19.5 Å². The molecule has 140 valence electrons. The quantitative estimate of drug-likeness (QED) is 0.787. The molecule has 5 nitrogen and oxygen atoms in total. The largest absolute Gasteiger partial charge is 0.497 e. The second kappa shape index (κ2) is 9.57. The van der Waals surface area contributed by atoms with Crippen molar-refractivity contribution < 1.29 is 14.6 Å². The highest BCUT2D eigenvalue weighted by Crippen LogP contribution is 2.16. The zero-order valence-corrected chi connectivity index (χ0v) is 15.4. The summed E-state index contributed by atoms with van der Waals surface area (Å²) in [7, 11) is 1.65. The lowest BCUT2D eigenvalue weighted by Gasteiger charge is -2.36. The van der Waals surface area contributed by atoms with E-state index in [4.69, 9.17) is 9.47 Å². The molecule has 1 N–H and O–H groups in total. The third kappa shape index (κ3) is 5.46. The number of para-hydroxylation sites is 1. The maximum Gasteiger partial charge on any atom is 0.118 e. The van der Waals surface area contributed by atoms with Crippen LogP contribution in [0, 0.1) is 0 Å². The number of aliphatic hydroxyl groups excluding tert-OH is 1. The molecule has 1 atom stereocenters. The zero-order chi connectivity index (χ0) is 18.2. The number of β-amino-alcohol motifs (C(OH)–C–C–N with tert-alkyl or cyclic N) is 1. The van der Waals surface area contributed by atoms with Crippen LogP contribution in [0.15, 0.2) is 54.6 Å². The van der Waals surface area contributed by atoms with Gasteiger partial charge in [-0.2, -0.15) is 0 Å². The van der Waals surface area contributed by atoms with Crippen molar-refractivity contribution in [3.05, 3.63) is 60.2 Å². The van der Waals surface area contributed by atoms with Gasteiger partial charge in [-0.25, -0.2) is 0 Å². The number of methoxy groups -OCH3 is 1. The van der Waals surface area contributed by atoms with Crippen LogP contribution in [0.5, 0.6) is 5.75 Å². The lowest BCUT2D eigenvalue weighted by molar-refractivity contribution is 0.00913. The van der Waals surface area contributed by atoms with Crippen LogP contribution in [-0.4, -0.2) is 62.6 Å². The molecule has 1 aliphatic rings. The van der Waals surface area contributed by atoms with Crippen LogP contribution >= 0.6 is 0 Å². The summed E-state index contributed by atoms with van der Waals surface area (Å²) >= 11 is 0. The van der Waals surface area contributed by atoms with E-state index in [1.165, 1.54) is 5.69 Å². The highest BCUT2D eigenvalue weighted by molar-refractivity contribution is 5.46. The second-order valence-electron chi connectivity index (χ2n) is 6.64. The normalized spacial score (nSPS) is 16.5. The van der Waals surface area contributed by atoms with Gasteiger partial charge in [0.15, 0.2) is 0 Å². The van der Waals surface area contributed by atoms with E-state index in [1.807, 2.05) is 30.3 Å². The van der Waals surface area contributed by atoms with Crippen LogP contribution in [0.25, 0.3) is 0 Å². The summed E-state index contributed by atoms with van der Waals surface area (Å²) in [6.07, 6.45) is -0.462. The molecular weight excluding hydrogens is 328 g/mol.